The van der Waals surface area contributed by atoms with E-state index in [0.717, 1.165) is 10.9 Å². The second-order valence-corrected chi connectivity index (χ2v) is 7.62. The Hall–Kier alpha value is -4.26. The predicted octanol–water partition coefficient (Wildman–Crippen LogP) is 4.77. The Labute approximate surface area is 191 Å². The van der Waals surface area contributed by atoms with Crippen molar-refractivity contribution in [2.75, 3.05) is 24.2 Å². The van der Waals surface area contributed by atoms with E-state index < -0.39 is 0 Å². The number of aryl methyl sites for hydroxylation is 1. The molecule has 4 aromatic rings. The summed E-state index contributed by atoms with van der Waals surface area (Å²) in [6.07, 6.45) is 0.626. The first-order valence-corrected chi connectivity index (χ1v) is 10.7. The van der Waals surface area contributed by atoms with Crippen molar-refractivity contribution in [3.8, 4) is 5.75 Å². The van der Waals surface area contributed by atoms with Crippen LogP contribution in [0.4, 0.5) is 11.4 Å². The lowest BCUT2D eigenvalue weighted by atomic mass is 10.1. The minimum Gasteiger partial charge on any atom is -0.494 e. The third-order valence-electron chi connectivity index (χ3n) is 5.20. The van der Waals surface area contributed by atoms with Crippen molar-refractivity contribution < 1.29 is 18.7 Å². The number of para-hydroxylation sites is 2. The molecule has 1 aromatic heterocycles. The van der Waals surface area contributed by atoms with Gasteiger partial charge in [0.25, 0.3) is 11.8 Å². The molecule has 168 valence electrons. The number of hydrogen-bond acceptors (Lipinski definition) is 5. The molecule has 0 radical (unpaired) electrons. The largest absolute Gasteiger partial charge is 0.494 e. The highest BCUT2D eigenvalue weighted by molar-refractivity contribution is 6.05. The number of nitrogen functional groups attached to an aromatic ring is 1. The van der Waals surface area contributed by atoms with Crippen LogP contribution in [0.3, 0.4) is 0 Å². The summed E-state index contributed by atoms with van der Waals surface area (Å²) in [5, 5.41) is 6.57. The summed E-state index contributed by atoms with van der Waals surface area (Å²) >= 11 is 0. The molecular formula is C26H25N3O4. The fourth-order valence-electron chi connectivity index (χ4n) is 3.38. The van der Waals surface area contributed by atoms with Crippen LogP contribution < -0.4 is 21.1 Å². The molecule has 7 nitrogen and oxygen atoms in total. The van der Waals surface area contributed by atoms with E-state index in [4.69, 9.17) is 14.9 Å². The van der Waals surface area contributed by atoms with Crippen molar-refractivity contribution in [2.45, 2.75) is 13.3 Å². The van der Waals surface area contributed by atoms with Gasteiger partial charge < -0.3 is 25.5 Å². The molecule has 0 saturated carbocycles. The van der Waals surface area contributed by atoms with Crippen LogP contribution in [0.5, 0.6) is 5.75 Å². The number of fused-ring (bicyclic) bond motifs is 1. The van der Waals surface area contributed by atoms with Crippen molar-refractivity contribution >= 4 is 34.2 Å². The zero-order valence-corrected chi connectivity index (χ0v) is 18.3. The maximum Gasteiger partial charge on any atom is 0.287 e. The van der Waals surface area contributed by atoms with Gasteiger partial charge in [0.1, 0.15) is 11.3 Å². The van der Waals surface area contributed by atoms with E-state index in [1.807, 2.05) is 37.3 Å². The summed E-state index contributed by atoms with van der Waals surface area (Å²) in [7, 11) is 0. The van der Waals surface area contributed by atoms with Gasteiger partial charge in [0, 0.05) is 17.5 Å². The summed E-state index contributed by atoms with van der Waals surface area (Å²) in [6, 6.07) is 21.4. The molecule has 33 heavy (non-hydrogen) atoms. The van der Waals surface area contributed by atoms with E-state index in [1.165, 1.54) is 0 Å². The van der Waals surface area contributed by atoms with Gasteiger partial charge in [-0.2, -0.15) is 0 Å². The molecule has 2 amide bonds. The average molecular weight is 444 g/mol. The zero-order valence-electron chi connectivity index (χ0n) is 18.3. The van der Waals surface area contributed by atoms with E-state index in [-0.39, 0.29) is 11.8 Å². The van der Waals surface area contributed by atoms with Crippen molar-refractivity contribution in [3.63, 3.8) is 0 Å². The first-order valence-electron chi connectivity index (χ1n) is 10.7. The molecule has 3 aromatic carbocycles. The Morgan fingerprint density at radius 1 is 0.970 bits per heavy atom. The number of carbonyl (C=O) groups excluding carboxylic acids is 2. The van der Waals surface area contributed by atoms with Crippen LogP contribution in [-0.4, -0.2) is 25.0 Å². The third-order valence-corrected chi connectivity index (χ3v) is 5.20. The van der Waals surface area contributed by atoms with Crippen LogP contribution in [-0.2, 0) is 0 Å². The first kappa shape index (κ1) is 22.0. The standard InChI is InChI=1S/C26H25N3O4/c1-17-6-4-9-23-20(17)16-24(33-23)26(31)28-14-5-15-32-19-12-10-18(11-13-19)25(30)29-22-8-3-2-7-21(22)27/h2-4,6-13,16H,5,14-15,27H2,1H3,(H,28,31)(H,29,30). The average Bonchev–Trinajstić information content (AvgIpc) is 3.27. The fraction of sp³-hybridized carbons (Fsp3) is 0.154. The van der Waals surface area contributed by atoms with Gasteiger partial charge in [-0.3, -0.25) is 9.59 Å². The van der Waals surface area contributed by atoms with Gasteiger partial charge in [0.15, 0.2) is 5.76 Å². The van der Waals surface area contributed by atoms with Gasteiger partial charge in [0.05, 0.1) is 18.0 Å². The summed E-state index contributed by atoms with van der Waals surface area (Å²) in [4.78, 5) is 24.7. The minimum absolute atomic E-state index is 0.247. The second kappa shape index (κ2) is 9.91. The predicted molar refractivity (Wildman–Crippen MR) is 129 cm³/mol. The maximum absolute atomic E-state index is 12.4. The number of hydrogen-bond donors (Lipinski definition) is 3. The number of nitrogens with two attached hydrogens (primary N) is 1. The molecule has 0 fully saturated rings. The Morgan fingerprint density at radius 3 is 2.52 bits per heavy atom. The smallest absolute Gasteiger partial charge is 0.287 e. The minimum atomic E-state index is -0.250. The fourth-order valence-corrected chi connectivity index (χ4v) is 3.38. The molecule has 7 heteroatoms. The van der Waals surface area contributed by atoms with E-state index >= 15 is 0 Å². The maximum atomic E-state index is 12.4. The lowest BCUT2D eigenvalue weighted by molar-refractivity contribution is 0.0925. The quantitative estimate of drug-likeness (QED) is 0.269. The van der Waals surface area contributed by atoms with E-state index in [2.05, 4.69) is 10.6 Å². The van der Waals surface area contributed by atoms with Crippen molar-refractivity contribution in [1.29, 1.82) is 0 Å². The number of amides is 2. The van der Waals surface area contributed by atoms with Gasteiger partial charge in [0.2, 0.25) is 0 Å². The highest BCUT2D eigenvalue weighted by atomic mass is 16.5. The topological polar surface area (TPSA) is 107 Å². The third kappa shape index (κ3) is 5.33. The number of furan rings is 1. The van der Waals surface area contributed by atoms with Crippen molar-refractivity contribution in [3.05, 3.63) is 89.7 Å². The zero-order chi connectivity index (χ0) is 23.2. The van der Waals surface area contributed by atoms with E-state index in [9.17, 15) is 9.59 Å². The molecule has 0 aliphatic heterocycles. The molecule has 0 aliphatic rings. The lowest BCUT2D eigenvalue weighted by Gasteiger charge is -2.09. The second-order valence-electron chi connectivity index (χ2n) is 7.62. The van der Waals surface area contributed by atoms with Crippen molar-refractivity contribution in [1.82, 2.24) is 5.32 Å². The van der Waals surface area contributed by atoms with Gasteiger partial charge in [-0.1, -0.05) is 24.3 Å². The lowest BCUT2D eigenvalue weighted by Crippen LogP contribution is -2.25. The summed E-state index contributed by atoms with van der Waals surface area (Å²) in [5.74, 6) is 0.444. The van der Waals surface area contributed by atoms with Gasteiger partial charge in [-0.15, -0.1) is 0 Å². The number of anilines is 2. The number of rotatable bonds is 8. The highest BCUT2D eigenvalue weighted by Gasteiger charge is 2.13. The Bertz CT molecular complexity index is 1280. The molecular weight excluding hydrogens is 418 g/mol. The van der Waals surface area contributed by atoms with Gasteiger partial charge in [-0.05, 0) is 67.4 Å². The number of carbonyl (C=O) groups is 2. The Kier molecular flexibility index (Phi) is 6.59. The molecule has 0 spiro atoms. The van der Waals surface area contributed by atoms with E-state index in [0.29, 0.717) is 53.6 Å². The van der Waals surface area contributed by atoms with Gasteiger partial charge >= 0.3 is 0 Å². The van der Waals surface area contributed by atoms with Crippen LogP contribution >= 0.6 is 0 Å². The first-order chi connectivity index (χ1) is 16.0. The van der Waals surface area contributed by atoms with Crippen LogP contribution in [0.15, 0.2) is 77.2 Å². The highest BCUT2D eigenvalue weighted by Crippen LogP contribution is 2.22. The van der Waals surface area contributed by atoms with Crippen LogP contribution in [0.2, 0.25) is 0 Å². The van der Waals surface area contributed by atoms with E-state index in [1.54, 1.807) is 42.5 Å². The Balaban J connectivity index is 1.21. The SMILES string of the molecule is Cc1cccc2oc(C(=O)NCCCOc3ccc(C(=O)Nc4ccccc4N)cc3)cc12. The van der Waals surface area contributed by atoms with Crippen LogP contribution in [0, 0.1) is 6.92 Å². The summed E-state index contributed by atoms with van der Waals surface area (Å²) in [6.45, 7) is 2.86. The van der Waals surface area contributed by atoms with Crippen molar-refractivity contribution in [2.24, 2.45) is 0 Å². The molecule has 1 heterocycles. The molecule has 0 bridgehead atoms. The molecule has 0 atom stereocenters. The normalized spacial score (nSPS) is 10.7. The number of nitrogens with one attached hydrogen (secondary N) is 2. The number of ether oxygens (including phenoxy) is 1. The summed E-state index contributed by atoms with van der Waals surface area (Å²) in [5.41, 5.74) is 9.21. The van der Waals surface area contributed by atoms with Gasteiger partial charge in [-0.25, -0.2) is 0 Å². The molecule has 4 rings (SSSR count). The molecule has 4 N–H and O–H groups in total. The molecule has 0 saturated heterocycles. The van der Waals surface area contributed by atoms with Crippen LogP contribution in [0.25, 0.3) is 11.0 Å². The summed E-state index contributed by atoms with van der Waals surface area (Å²) < 4.78 is 11.3. The number of benzene rings is 3. The molecule has 0 aliphatic carbocycles. The molecule has 0 unspecified atom stereocenters. The monoisotopic (exact) mass is 443 g/mol. The Morgan fingerprint density at radius 2 is 1.76 bits per heavy atom. The van der Waals surface area contributed by atoms with Crippen LogP contribution in [0.1, 0.15) is 32.9 Å².